The highest BCUT2D eigenvalue weighted by molar-refractivity contribution is 5.99. The molecule has 0 radical (unpaired) electrons. The number of amides is 11. The maximum Gasteiger partial charge on any atom is 0.311 e. The lowest BCUT2D eigenvalue weighted by molar-refractivity contribution is -0.154. The molecule has 0 aliphatic carbocycles. The van der Waals surface area contributed by atoms with E-state index < -0.39 is 162 Å². The maximum atomic E-state index is 14.5. The Morgan fingerprint density at radius 3 is 1.59 bits per heavy atom. The van der Waals surface area contributed by atoms with Gasteiger partial charge in [-0.15, -0.1) is 0 Å². The summed E-state index contributed by atoms with van der Waals surface area (Å²) >= 11 is 0. The second kappa shape index (κ2) is 38.7. The number of carbonyl (C=O) groups excluding carboxylic acids is 12. The number of aliphatic hydroxyl groups is 2. The van der Waals surface area contributed by atoms with Gasteiger partial charge in [0, 0.05) is 13.0 Å². The van der Waals surface area contributed by atoms with Gasteiger partial charge >= 0.3 is 5.97 Å². The quantitative estimate of drug-likeness (QED) is 0.0347. The van der Waals surface area contributed by atoms with Crippen molar-refractivity contribution >= 4 is 70.9 Å². The lowest BCUT2D eigenvalue weighted by Gasteiger charge is -2.29. The van der Waals surface area contributed by atoms with Crippen molar-refractivity contribution in [2.75, 3.05) is 45.9 Å². The van der Waals surface area contributed by atoms with Crippen molar-refractivity contribution in [1.29, 1.82) is 0 Å². The summed E-state index contributed by atoms with van der Waals surface area (Å²) in [6, 6.07) is -6.69. The Kier molecular flexibility index (Phi) is 33.6. The minimum absolute atomic E-state index is 0.0337. The smallest absolute Gasteiger partial charge is 0.311 e. The molecule has 1 aliphatic rings. The molecule has 31 heteroatoms. The van der Waals surface area contributed by atoms with E-state index in [-0.39, 0.29) is 96.6 Å². The molecule has 12 atom stereocenters. The van der Waals surface area contributed by atoms with Crippen molar-refractivity contribution in [1.82, 2.24) is 58.5 Å². The number of nitrogens with two attached hydrogens (primary N) is 5. The average Bonchev–Trinajstić information content (AvgIpc) is 2.86. The van der Waals surface area contributed by atoms with Gasteiger partial charge < -0.3 is 102 Å². The molecule has 1 fully saturated rings. The van der Waals surface area contributed by atoms with E-state index in [4.69, 9.17) is 33.4 Å². The molecule has 1 saturated heterocycles. The summed E-state index contributed by atoms with van der Waals surface area (Å²) in [6.45, 7) is 9.40. The maximum absolute atomic E-state index is 14.5. The van der Waals surface area contributed by atoms with Gasteiger partial charge in [0.2, 0.25) is 65.0 Å². The van der Waals surface area contributed by atoms with E-state index in [1.54, 1.807) is 65.0 Å². The Bertz CT molecular complexity index is 2450. The Labute approximate surface area is 507 Å². The summed E-state index contributed by atoms with van der Waals surface area (Å²) in [4.78, 5) is 166. The minimum atomic E-state index is -1.78. The summed E-state index contributed by atoms with van der Waals surface area (Å²) in [7, 11) is 0. The molecular weight excluding hydrogens is 1140 g/mol. The van der Waals surface area contributed by atoms with Crippen molar-refractivity contribution in [3.05, 3.63) is 35.9 Å². The van der Waals surface area contributed by atoms with Gasteiger partial charge in [0.15, 0.2) is 0 Å². The van der Waals surface area contributed by atoms with Crippen LogP contribution < -0.4 is 87.2 Å². The fourth-order valence-corrected chi connectivity index (χ4v) is 8.71. The summed E-state index contributed by atoms with van der Waals surface area (Å²) in [5.74, 6) is -11.1. The third kappa shape index (κ3) is 26.2. The van der Waals surface area contributed by atoms with Gasteiger partial charge in [-0.3, -0.25) is 57.5 Å². The Balaban J connectivity index is 2.67. The Hall–Kier alpha value is -7.42. The van der Waals surface area contributed by atoms with Crippen LogP contribution in [0.3, 0.4) is 0 Å². The average molecular weight is 1230 g/mol. The third-order valence-corrected chi connectivity index (χ3v) is 14.2. The predicted octanol–water partition coefficient (Wildman–Crippen LogP) is -6.48. The van der Waals surface area contributed by atoms with Gasteiger partial charge in [-0.2, -0.15) is 0 Å². The standard InChI is InChI=1S/C56H96N16O15/c1-8-56(6,7)55(86)87-27-20-42(75)63-34(14-21-57)49(80)72-44(32(5)74)54(85)68-37(17-24-60)46(77)67-39-19-26-62-53(84)43(31(4)73)71-50(81)38(18-25-61)65-45(76)35(15-22-58)66-51(82)40(28-30(2)3)69-52(83)41(29-33-12-10-9-11-13-33)70-47(78)36(16-23-59)64-48(39)79/h9-13,30-32,34-41,43-44,73-74H,8,14-29,57-61H2,1-7H3,(H,62,84)(H,63,75)(H,64,79)(H,65,76)(H,66,82)(H,67,77)(H,68,85)(H,69,83)(H,70,78)(H,71,81)(H,72,80)/t31-,32?,34-,35-,36-,37-,38-,39-,40-,41+,43-,44-/m0/s1. The fraction of sp³-hybridized carbons (Fsp3) is 0.679. The van der Waals surface area contributed by atoms with E-state index in [9.17, 15) is 67.7 Å². The molecule has 0 bridgehead atoms. The van der Waals surface area contributed by atoms with Gasteiger partial charge in [0.05, 0.1) is 24.0 Å². The molecule has 2 rings (SSSR count). The monoisotopic (exact) mass is 1230 g/mol. The van der Waals surface area contributed by atoms with Crippen LogP contribution in [-0.2, 0) is 68.7 Å². The number of esters is 1. The molecule has 1 aromatic rings. The summed E-state index contributed by atoms with van der Waals surface area (Å²) < 4.78 is 5.22. The number of rotatable bonds is 28. The van der Waals surface area contributed by atoms with Crippen LogP contribution >= 0.6 is 0 Å². The van der Waals surface area contributed by atoms with Gasteiger partial charge in [-0.25, -0.2) is 0 Å². The van der Waals surface area contributed by atoms with Crippen molar-refractivity contribution in [2.45, 2.75) is 185 Å². The molecule has 1 heterocycles. The van der Waals surface area contributed by atoms with E-state index in [0.29, 0.717) is 12.0 Å². The van der Waals surface area contributed by atoms with Crippen molar-refractivity contribution < 1.29 is 72.5 Å². The molecule has 31 nitrogen and oxygen atoms in total. The minimum Gasteiger partial charge on any atom is -0.465 e. The first-order valence-electron chi connectivity index (χ1n) is 29.5. The van der Waals surface area contributed by atoms with Crippen LogP contribution in [0, 0.1) is 11.3 Å². The van der Waals surface area contributed by atoms with Gasteiger partial charge in [-0.05, 0) is 123 Å². The molecule has 1 aliphatic heterocycles. The zero-order chi connectivity index (χ0) is 65.6. The highest BCUT2D eigenvalue weighted by Crippen LogP contribution is 2.21. The third-order valence-electron chi connectivity index (χ3n) is 14.2. The number of ether oxygens (including phenoxy) is 1. The van der Waals surface area contributed by atoms with E-state index >= 15 is 0 Å². The Morgan fingerprint density at radius 2 is 1.09 bits per heavy atom. The van der Waals surface area contributed by atoms with Crippen LogP contribution in [0.1, 0.15) is 112 Å². The summed E-state index contributed by atoms with van der Waals surface area (Å²) in [6.07, 6.45) is -4.67. The second-order valence-corrected chi connectivity index (χ2v) is 22.4. The topological polar surface area (TPSA) is 517 Å². The number of hydrogen-bond donors (Lipinski definition) is 18. The van der Waals surface area contributed by atoms with Crippen LogP contribution in [0.4, 0.5) is 0 Å². The molecule has 0 saturated carbocycles. The SMILES string of the molecule is CCC(C)(C)C(=O)OCCC(=O)N[C@@H](CCN)C(=O)N[C@H](C(=O)N[C@@H](CCN)C(=O)N[C@H]1CCNC(=O)[C@H]([C@H](C)O)NC(=O)[C@H](CCN)NC(=O)[C@H](CCN)NC(=O)[C@H](CC(C)C)NC(=O)[C@@H](Cc2ccccc2)NC(=O)[C@H](CCN)NC1=O)C(C)O. The van der Waals surface area contributed by atoms with Crippen LogP contribution in [0.5, 0.6) is 0 Å². The summed E-state index contributed by atoms with van der Waals surface area (Å²) in [5.41, 5.74) is 29.1. The zero-order valence-corrected chi connectivity index (χ0v) is 51.0. The molecule has 1 aromatic carbocycles. The van der Waals surface area contributed by atoms with E-state index in [0.717, 1.165) is 6.92 Å². The number of hydrogen-bond acceptors (Lipinski definition) is 20. The molecule has 490 valence electrons. The normalized spacial score (nSPS) is 22.4. The molecule has 23 N–H and O–H groups in total. The second-order valence-electron chi connectivity index (χ2n) is 22.4. The number of carbonyl (C=O) groups is 12. The summed E-state index contributed by atoms with van der Waals surface area (Å²) in [5, 5.41) is 49.3. The molecular formula is C56H96N16O15. The van der Waals surface area contributed by atoms with E-state index in [1.807, 2.05) is 0 Å². The van der Waals surface area contributed by atoms with Crippen LogP contribution in [0.15, 0.2) is 30.3 Å². The molecule has 87 heavy (non-hydrogen) atoms. The van der Waals surface area contributed by atoms with Crippen LogP contribution in [0.2, 0.25) is 0 Å². The Morgan fingerprint density at radius 1 is 0.609 bits per heavy atom. The lowest BCUT2D eigenvalue weighted by Crippen LogP contribution is -2.62. The first-order valence-corrected chi connectivity index (χ1v) is 29.5. The van der Waals surface area contributed by atoms with Crippen molar-refractivity contribution in [3.63, 3.8) is 0 Å². The van der Waals surface area contributed by atoms with E-state index in [2.05, 4.69) is 58.5 Å². The van der Waals surface area contributed by atoms with Crippen molar-refractivity contribution in [2.24, 2.45) is 40.0 Å². The molecule has 0 spiro atoms. The first kappa shape index (κ1) is 75.7. The lowest BCUT2D eigenvalue weighted by atomic mass is 9.91. The highest BCUT2D eigenvalue weighted by atomic mass is 16.5. The van der Waals surface area contributed by atoms with Crippen LogP contribution in [-0.4, -0.2) is 200 Å². The number of benzene rings is 1. The molecule has 11 amide bonds. The molecule has 0 aromatic heterocycles. The van der Waals surface area contributed by atoms with Crippen molar-refractivity contribution in [3.8, 4) is 0 Å². The van der Waals surface area contributed by atoms with Gasteiger partial charge in [-0.1, -0.05) is 51.1 Å². The van der Waals surface area contributed by atoms with Gasteiger partial charge in [0.25, 0.3) is 0 Å². The largest absolute Gasteiger partial charge is 0.465 e. The fourth-order valence-electron chi connectivity index (χ4n) is 8.71. The van der Waals surface area contributed by atoms with Gasteiger partial charge in [0.1, 0.15) is 67.0 Å². The number of aliphatic hydroxyl groups excluding tert-OH is 2. The first-order chi connectivity index (χ1) is 41.1. The number of nitrogens with one attached hydrogen (secondary N) is 11. The highest BCUT2D eigenvalue weighted by Gasteiger charge is 2.38. The van der Waals surface area contributed by atoms with Crippen LogP contribution in [0.25, 0.3) is 0 Å². The predicted molar refractivity (Wildman–Crippen MR) is 318 cm³/mol. The van der Waals surface area contributed by atoms with E-state index in [1.165, 1.54) is 6.92 Å². The molecule has 1 unspecified atom stereocenters. The zero-order valence-electron chi connectivity index (χ0n) is 51.0.